The van der Waals surface area contributed by atoms with E-state index in [9.17, 15) is 14.0 Å². The van der Waals surface area contributed by atoms with Gasteiger partial charge in [-0.1, -0.05) is 6.07 Å². The Morgan fingerprint density at radius 3 is 2.48 bits per heavy atom. The molecule has 8 heteroatoms. The van der Waals surface area contributed by atoms with Crippen LogP contribution in [0, 0.1) is 5.82 Å². The van der Waals surface area contributed by atoms with Gasteiger partial charge in [-0.3, -0.25) is 10.1 Å². The molecule has 31 heavy (non-hydrogen) atoms. The van der Waals surface area contributed by atoms with Crippen molar-refractivity contribution in [1.29, 1.82) is 0 Å². The number of benzene rings is 2. The van der Waals surface area contributed by atoms with Gasteiger partial charge in [-0.15, -0.1) is 0 Å². The fourth-order valence-electron chi connectivity index (χ4n) is 3.67. The summed E-state index contributed by atoms with van der Waals surface area (Å²) in [6, 6.07) is 10.8. The topological polar surface area (TPSA) is 85.9 Å². The summed E-state index contributed by atoms with van der Waals surface area (Å²) in [5, 5.41) is 5.62. The molecule has 1 aliphatic carbocycles. The molecule has 0 saturated heterocycles. The quantitative estimate of drug-likeness (QED) is 0.692. The minimum Gasteiger partial charge on any atom is -0.493 e. The van der Waals surface area contributed by atoms with Crippen molar-refractivity contribution in [3.05, 3.63) is 53.8 Å². The second-order valence-electron chi connectivity index (χ2n) is 7.46. The lowest BCUT2D eigenvalue weighted by Gasteiger charge is -2.29. The van der Waals surface area contributed by atoms with Crippen LogP contribution in [0.1, 0.15) is 31.2 Å². The summed E-state index contributed by atoms with van der Waals surface area (Å²) in [7, 11) is 3.11. The van der Waals surface area contributed by atoms with Crippen LogP contribution >= 0.6 is 0 Å². The van der Waals surface area contributed by atoms with Gasteiger partial charge in [0.25, 0.3) is 0 Å². The van der Waals surface area contributed by atoms with E-state index in [1.165, 1.54) is 24.3 Å². The number of hydrogen-bond donors (Lipinski definition) is 2. The number of carbonyl (C=O) groups excluding carboxylic acids is 2. The van der Waals surface area contributed by atoms with Crippen molar-refractivity contribution in [3.8, 4) is 11.5 Å². The van der Waals surface area contributed by atoms with E-state index < -0.39 is 6.09 Å². The van der Waals surface area contributed by atoms with E-state index in [1.807, 2.05) is 6.07 Å². The fraction of sp³-hybridized carbons (Fsp3) is 0.391. The molecule has 1 saturated carbocycles. The Morgan fingerprint density at radius 1 is 1.03 bits per heavy atom. The monoisotopic (exact) mass is 430 g/mol. The second-order valence-corrected chi connectivity index (χ2v) is 7.46. The minimum absolute atomic E-state index is 0.0648. The second kappa shape index (κ2) is 10.7. The summed E-state index contributed by atoms with van der Waals surface area (Å²) >= 11 is 0. The normalized spacial score (nSPS) is 18.0. The Balaban J connectivity index is 1.48. The fourth-order valence-corrected chi connectivity index (χ4v) is 3.67. The number of amides is 2. The molecule has 0 radical (unpaired) electrons. The highest BCUT2D eigenvalue weighted by molar-refractivity contribution is 5.84. The third-order valence-electron chi connectivity index (χ3n) is 5.17. The summed E-state index contributed by atoms with van der Waals surface area (Å²) < 4.78 is 28.9. The van der Waals surface area contributed by atoms with Gasteiger partial charge in [-0.05, 0) is 61.2 Å². The number of nitrogens with one attached hydrogen (secondary N) is 2. The van der Waals surface area contributed by atoms with Gasteiger partial charge in [0.15, 0.2) is 11.5 Å². The predicted molar refractivity (Wildman–Crippen MR) is 114 cm³/mol. The van der Waals surface area contributed by atoms with Crippen LogP contribution < -0.4 is 20.1 Å². The third-order valence-corrected chi connectivity index (χ3v) is 5.17. The number of rotatable bonds is 7. The first kappa shape index (κ1) is 22.4. The first-order valence-electron chi connectivity index (χ1n) is 10.2. The highest BCUT2D eigenvalue weighted by Gasteiger charge is 2.26. The van der Waals surface area contributed by atoms with E-state index in [1.54, 1.807) is 26.4 Å². The van der Waals surface area contributed by atoms with Gasteiger partial charge in [-0.2, -0.15) is 0 Å². The molecule has 0 heterocycles. The van der Waals surface area contributed by atoms with Crippen LogP contribution in [-0.2, 0) is 16.0 Å². The summed E-state index contributed by atoms with van der Waals surface area (Å²) in [6.45, 7) is 0. The molecule has 0 unspecified atom stereocenters. The van der Waals surface area contributed by atoms with Gasteiger partial charge in [-0.25, -0.2) is 9.18 Å². The van der Waals surface area contributed by atoms with Crippen molar-refractivity contribution in [1.82, 2.24) is 5.32 Å². The molecule has 1 fully saturated rings. The number of halogens is 1. The highest BCUT2D eigenvalue weighted by Crippen LogP contribution is 2.28. The van der Waals surface area contributed by atoms with Gasteiger partial charge >= 0.3 is 6.09 Å². The molecule has 7 nitrogen and oxygen atoms in total. The van der Waals surface area contributed by atoms with Crippen molar-refractivity contribution >= 4 is 17.7 Å². The Hall–Kier alpha value is -3.29. The van der Waals surface area contributed by atoms with Crippen LogP contribution in [0.5, 0.6) is 11.5 Å². The Morgan fingerprint density at radius 2 is 1.77 bits per heavy atom. The van der Waals surface area contributed by atoms with Crippen molar-refractivity contribution in [2.45, 2.75) is 44.2 Å². The Kier molecular flexibility index (Phi) is 7.70. The van der Waals surface area contributed by atoms with Gasteiger partial charge in [0.2, 0.25) is 5.91 Å². The van der Waals surface area contributed by atoms with Crippen molar-refractivity contribution in [3.63, 3.8) is 0 Å². The molecule has 0 aliphatic heterocycles. The van der Waals surface area contributed by atoms with Gasteiger partial charge in [0.1, 0.15) is 11.9 Å². The lowest BCUT2D eigenvalue weighted by molar-refractivity contribution is -0.121. The van der Waals surface area contributed by atoms with Crippen LogP contribution in [0.3, 0.4) is 0 Å². The van der Waals surface area contributed by atoms with Crippen LogP contribution in [0.15, 0.2) is 42.5 Å². The molecule has 2 atom stereocenters. The number of hydrogen-bond acceptors (Lipinski definition) is 5. The van der Waals surface area contributed by atoms with E-state index in [4.69, 9.17) is 14.2 Å². The van der Waals surface area contributed by atoms with Crippen molar-refractivity contribution < 1.29 is 28.2 Å². The first-order valence-corrected chi connectivity index (χ1v) is 10.2. The number of carbonyl (C=O) groups is 2. The van der Waals surface area contributed by atoms with Crippen molar-refractivity contribution in [2.75, 3.05) is 19.5 Å². The average molecular weight is 430 g/mol. The van der Waals surface area contributed by atoms with Gasteiger partial charge in [0.05, 0.1) is 20.6 Å². The zero-order valence-electron chi connectivity index (χ0n) is 17.7. The highest BCUT2D eigenvalue weighted by atomic mass is 19.1. The van der Waals surface area contributed by atoms with E-state index in [0.29, 0.717) is 23.6 Å². The Bertz CT molecular complexity index is 903. The maximum absolute atomic E-state index is 13.0. The zero-order valence-corrected chi connectivity index (χ0v) is 17.7. The number of methoxy groups -OCH3 is 2. The molecule has 2 aromatic carbocycles. The van der Waals surface area contributed by atoms with Gasteiger partial charge in [0, 0.05) is 18.2 Å². The van der Waals surface area contributed by atoms with E-state index in [2.05, 4.69) is 10.6 Å². The molecule has 0 spiro atoms. The molecule has 166 valence electrons. The zero-order chi connectivity index (χ0) is 22.2. The SMILES string of the molecule is COc1ccc(CC(=O)N[C@@H]2CCC[C@H](OC(=O)Nc3ccc(F)cc3)C2)cc1OC. The Labute approximate surface area is 180 Å². The molecule has 3 rings (SSSR count). The largest absolute Gasteiger partial charge is 0.493 e. The summed E-state index contributed by atoms with van der Waals surface area (Å²) in [5.41, 5.74) is 1.28. The van der Waals surface area contributed by atoms with Crippen LogP contribution in [0.25, 0.3) is 0 Å². The third kappa shape index (κ3) is 6.60. The first-order chi connectivity index (χ1) is 15.0. The number of anilines is 1. The molecule has 0 aromatic heterocycles. The van der Waals surface area contributed by atoms with Crippen LogP contribution in [-0.4, -0.2) is 38.4 Å². The standard InChI is InChI=1S/C23H27FN2O5/c1-29-20-11-6-15(12-21(20)30-2)13-22(27)25-18-4-3-5-19(14-18)31-23(28)26-17-9-7-16(24)8-10-17/h6-12,18-19H,3-5,13-14H2,1-2H3,(H,25,27)(H,26,28)/t18-,19+/m1/s1. The van der Waals surface area contributed by atoms with Crippen LogP contribution in [0.4, 0.5) is 14.9 Å². The smallest absolute Gasteiger partial charge is 0.411 e. The van der Waals surface area contributed by atoms with E-state index in [-0.39, 0.29) is 30.3 Å². The molecular formula is C23H27FN2O5. The lowest BCUT2D eigenvalue weighted by atomic mass is 9.92. The van der Waals surface area contributed by atoms with Crippen molar-refractivity contribution in [2.24, 2.45) is 0 Å². The van der Waals surface area contributed by atoms with E-state index >= 15 is 0 Å². The maximum Gasteiger partial charge on any atom is 0.411 e. The summed E-state index contributed by atoms with van der Waals surface area (Å²) in [4.78, 5) is 24.6. The molecule has 0 bridgehead atoms. The van der Waals surface area contributed by atoms with Crippen LogP contribution in [0.2, 0.25) is 0 Å². The molecule has 2 aromatic rings. The molecule has 2 N–H and O–H groups in total. The predicted octanol–water partition coefficient (Wildman–Crippen LogP) is 4.06. The number of ether oxygens (including phenoxy) is 3. The van der Waals surface area contributed by atoms with E-state index in [0.717, 1.165) is 24.8 Å². The summed E-state index contributed by atoms with van der Waals surface area (Å²) in [5.74, 6) is 0.704. The molecule has 2 amide bonds. The summed E-state index contributed by atoms with van der Waals surface area (Å²) in [6.07, 6.45) is 2.29. The lowest BCUT2D eigenvalue weighted by Crippen LogP contribution is -2.41. The molecule has 1 aliphatic rings. The maximum atomic E-state index is 13.0. The van der Waals surface area contributed by atoms with Gasteiger partial charge < -0.3 is 19.5 Å². The molecular weight excluding hydrogens is 403 g/mol. The average Bonchev–Trinajstić information content (AvgIpc) is 2.75. The minimum atomic E-state index is -0.589.